The Morgan fingerprint density at radius 1 is 1.44 bits per heavy atom. The molecule has 0 aromatic rings. The Morgan fingerprint density at radius 3 is 2.88 bits per heavy atom. The van der Waals surface area contributed by atoms with E-state index in [4.69, 9.17) is 17.3 Å². The van der Waals surface area contributed by atoms with Crippen molar-refractivity contribution in [3.05, 3.63) is 22.6 Å². The Bertz CT molecular complexity index is 389. The number of nitrogens with two attached hydrogens (primary N) is 1. The summed E-state index contributed by atoms with van der Waals surface area (Å²) in [7, 11) is 0. The maximum atomic E-state index is 6.09. The standard InChI is InChI=1S/C11H15ClN4/c1-4-6-3-7-11(15-9(4)8(6)13)16-10(12)5(2)14-7/h3-4,6,8-9,14H,13H2,1-2H3,(H,15,16). The van der Waals surface area contributed by atoms with E-state index in [1.54, 1.807) is 0 Å². The summed E-state index contributed by atoms with van der Waals surface area (Å²) in [4.78, 5) is 4.64. The Balaban J connectivity index is 2.02. The van der Waals surface area contributed by atoms with E-state index in [2.05, 4.69) is 28.6 Å². The third-order valence-electron chi connectivity index (χ3n) is 3.76. The van der Waals surface area contributed by atoms with E-state index in [0.717, 1.165) is 17.2 Å². The predicted molar refractivity (Wildman–Crippen MR) is 64.8 cm³/mol. The first kappa shape index (κ1) is 10.2. The highest BCUT2D eigenvalue weighted by atomic mass is 35.5. The Hall–Kier alpha value is -1.00. The number of rotatable bonds is 0. The molecule has 0 aromatic heterocycles. The molecule has 0 saturated heterocycles. The lowest BCUT2D eigenvalue weighted by atomic mass is 9.67. The minimum absolute atomic E-state index is 0.142. The minimum Gasteiger partial charge on any atom is -0.354 e. The van der Waals surface area contributed by atoms with Crippen LogP contribution in [0.2, 0.25) is 0 Å². The van der Waals surface area contributed by atoms with E-state index in [1.165, 1.54) is 0 Å². The van der Waals surface area contributed by atoms with E-state index in [9.17, 15) is 0 Å². The zero-order valence-corrected chi connectivity index (χ0v) is 10.0. The average molecular weight is 239 g/mol. The summed E-state index contributed by atoms with van der Waals surface area (Å²) < 4.78 is 0. The van der Waals surface area contributed by atoms with Crippen LogP contribution < -0.4 is 16.4 Å². The zero-order valence-electron chi connectivity index (χ0n) is 9.29. The summed E-state index contributed by atoms with van der Waals surface area (Å²) in [5, 5.41) is 6.99. The Labute approximate surface area is 99.6 Å². The van der Waals surface area contributed by atoms with E-state index in [0.29, 0.717) is 17.0 Å². The van der Waals surface area contributed by atoms with Gasteiger partial charge in [-0.25, -0.2) is 0 Å². The molecule has 4 unspecified atom stereocenters. The van der Waals surface area contributed by atoms with E-state index < -0.39 is 0 Å². The van der Waals surface area contributed by atoms with Gasteiger partial charge >= 0.3 is 0 Å². The zero-order chi connectivity index (χ0) is 11.4. The fourth-order valence-corrected chi connectivity index (χ4v) is 2.76. The van der Waals surface area contributed by atoms with Crippen molar-refractivity contribution in [2.45, 2.75) is 25.9 Å². The van der Waals surface area contributed by atoms with Crippen LogP contribution in [0.15, 0.2) is 27.6 Å². The summed E-state index contributed by atoms with van der Waals surface area (Å²) >= 11 is 6.04. The molecule has 16 heavy (non-hydrogen) atoms. The summed E-state index contributed by atoms with van der Waals surface area (Å²) in [6.45, 7) is 4.13. The lowest BCUT2D eigenvalue weighted by Gasteiger charge is -2.44. The SMILES string of the molecule is CC1=C(Cl)NC2=NC3C(C)C(C=C2N1)C3N. The van der Waals surface area contributed by atoms with Crippen molar-refractivity contribution in [3.63, 3.8) is 0 Å². The van der Waals surface area contributed by atoms with Crippen LogP contribution in [0.5, 0.6) is 0 Å². The number of halogens is 1. The maximum absolute atomic E-state index is 6.09. The topological polar surface area (TPSA) is 62.4 Å². The number of nitrogens with zero attached hydrogens (tertiary/aromatic N) is 1. The molecule has 1 fully saturated rings. The van der Waals surface area contributed by atoms with E-state index in [-0.39, 0.29) is 12.1 Å². The van der Waals surface area contributed by atoms with Crippen molar-refractivity contribution >= 4 is 17.4 Å². The highest BCUT2D eigenvalue weighted by Gasteiger charge is 2.47. The van der Waals surface area contributed by atoms with Crippen LogP contribution >= 0.6 is 11.6 Å². The predicted octanol–water partition coefficient (Wildman–Crippen LogP) is 0.865. The molecule has 0 radical (unpaired) electrons. The third-order valence-corrected chi connectivity index (χ3v) is 4.13. The van der Waals surface area contributed by atoms with Crippen LogP contribution in [-0.4, -0.2) is 17.9 Å². The van der Waals surface area contributed by atoms with Gasteiger partial charge in [0.2, 0.25) is 0 Å². The monoisotopic (exact) mass is 238 g/mol. The fourth-order valence-electron chi connectivity index (χ4n) is 2.62. The van der Waals surface area contributed by atoms with Crippen molar-refractivity contribution in [3.8, 4) is 0 Å². The smallest absolute Gasteiger partial charge is 0.150 e. The Morgan fingerprint density at radius 2 is 2.19 bits per heavy atom. The highest BCUT2D eigenvalue weighted by Crippen LogP contribution is 2.40. The lowest BCUT2D eigenvalue weighted by molar-refractivity contribution is 0.160. The van der Waals surface area contributed by atoms with Crippen molar-refractivity contribution in [2.24, 2.45) is 22.6 Å². The highest BCUT2D eigenvalue weighted by molar-refractivity contribution is 6.31. The van der Waals surface area contributed by atoms with Gasteiger partial charge in [-0.1, -0.05) is 24.6 Å². The van der Waals surface area contributed by atoms with E-state index >= 15 is 0 Å². The number of nitrogens with one attached hydrogen (secondary N) is 2. The first-order valence-corrected chi connectivity index (χ1v) is 5.91. The van der Waals surface area contributed by atoms with Gasteiger partial charge in [-0.3, -0.25) is 4.99 Å². The second-order valence-electron chi connectivity index (χ2n) is 4.75. The molecule has 0 amide bonds. The molecule has 4 aliphatic rings. The van der Waals surface area contributed by atoms with Gasteiger partial charge in [0.05, 0.1) is 11.7 Å². The molecule has 86 valence electrons. The van der Waals surface area contributed by atoms with Gasteiger partial charge in [-0.05, 0) is 12.8 Å². The van der Waals surface area contributed by atoms with Crippen LogP contribution in [0.1, 0.15) is 13.8 Å². The minimum atomic E-state index is 0.142. The number of hydrogen-bond donors (Lipinski definition) is 3. The number of aliphatic imine (C=N–C) groups is 1. The van der Waals surface area contributed by atoms with Gasteiger partial charge in [-0.15, -0.1) is 0 Å². The molecule has 3 aliphatic heterocycles. The number of amidine groups is 1. The molecule has 1 aliphatic carbocycles. The molecule has 0 aromatic carbocycles. The molecular weight excluding hydrogens is 224 g/mol. The summed E-state index contributed by atoms with van der Waals surface area (Å²) in [5.74, 6) is 1.76. The van der Waals surface area contributed by atoms with Gasteiger partial charge < -0.3 is 16.4 Å². The summed E-state index contributed by atoms with van der Waals surface area (Å²) in [6.07, 6.45) is 2.18. The van der Waals surface area contributed by atoms with Crippen molar-refractivity contribution in [1.29, 1.82) is 0 Å². The molecule has 4 rings (SSSR count). The first-order valence-electron chi connectivity index (χ1n) is 5.54. The van der Waals surface area contributed by atoms with Gasteiger partial charge in [0.15, 0.2) is 0 Å². The first-order chi connectivity index (χ1) is 7.58. The van der Waals surface area contributed by atoms with Gasteiger partial charge in [0.25, 0.3) is 0 Å². The summed E-state index contributed by atoms with van der Waals surface area (Å²) in [6, 6.07) is 0.356. The second kappa shape index (κ2) is 3.25. The molecule has 3 heterocycles. The molecule has 1 saturated carbocycles. The third kappa shape index (κ3) is 1.23. The number of hydrogen-bond acceptors (Lipinski definition) is 4. The summed E-state index contributed by atoms with van der Waals surface area (Å²) in [5.41, 5.74) is 8.02. The largest absolute Gasteiger partial charge is 0.354 e. The normalized spacial score (nSPS) is 40.8. The molecule has 4 N–H and O–H groups in total. The van der Waals surface area contributed by atoms with Crippen molar-refractivity contribution < 1.29 is 0 Å². The van der Waals surface area contributed by atoms with Crippen LogP contribution in [0.3, 0.4) is 0 Å². The Kier molecular flexibility index (Phi) is 2.06. The lowest BCUT2D eigenvalue weighted by Crippen LogP contribution is -2.57. The molecule has 4 nitrogen and oxygen atoms in total. The van der Waals surface area contributed by atoms with Crippen LogP contribution in [-0.2, 0) is 0 Å². The molecular formula is C11H15ClN4. The van der Waals surface area contributed by atoms with Gasteiger partial charge in [0, 0.05) is 17.7 Å². The quantitative estimate of drug-likeness (QED) is 0.549. The molecule has 2 bridgehead atoms. The molecule has 4 atom stereocenters. The van der Waals surface area contributed by atoms with Crippen LogP contribution in [0, 0.1) is 11.8 Å². The van der Waals surface area contributed by atoms with Crippen molar-refractivity contribution in [1.82, 2.24) is 10.6 Å². The second-order valence-corrected chi connectivity index (χ2v) is 5.13. The maximum Gasteiger partial charge on any atom is 0.150 e. The van der Waals surface area contributed by atoms with Crippen molar-refractivity contribution in [2.75, 3.05) is 0 Å². The fraction of sp³-hybridized carbons (Fsp3) is 0.545. The average Bonchev–Trinajstić information content (AvgIpc) is 2.48. The number of allylic oxidation sites excluding steroid dienone is 1. The van der Waals surface area contributed by atoms with Gasteiger partial charge in [0.1, 0.15) is 11.0 Å². The van der Waals surface area contributed by atoms with E-state index in [1.807, 2.05) is 6.92 Å². The molecule has 5 heteroatoms. The van der Waals surface area contributed by atoms with Crippen LogP contribution in [0.25, 0.3) is 0 Å². The van der Waals surface area contributed by atoms with Gasteiger partial charge in [-0.2, -0.15) is 0 Å². The van der Waals surface area contributed by atoms with Crippen LogP contribution in [0.4, 0.5) is 0 Å². The molecule has 0 spiro atoms.